The molecule has 0 bridgehead atoms. The van der Waals surface area contributed by atoms with Gasteiger partial charge in [-0.3, -0.25) is 4.79 Å². The lowest BCUT2D eigenvalue weighted by Crippen LogP contribution is -2.58. The lowest BCUT2D eigenvalue weighted by molar-refractivity contribution is -0.128. The van der Waals surface area contributed by atoms with E-state index in [0.717, 1.165) is 24.2 Å². The number of nitrogens with zero attached hydrogens (tertiary/aromatic N) is 1. The van der Waals surface area contributed by atoms with Crippen LogP contribution < -0.4 is 10.5 Å². The van der Waals surface area contributed by atoms with Gasteiger partial charge in [0.2, 0.25) is 15.9 Å². The number of nitrogens with two attached hydrogens (primary N) is 1. The zero-order valence-electron chi connectivity index (χ0n) is 13.7. The van der Waals surface area contributed by atoms with Gasteiger partial charge in [-0.15, -0.1) is 0 Å². The Balaban J connectivity index is 2.02. The highest BCUT2D eigenvalue weighted by molar-refractivity contribution is 7.89. The van der Waals surface area contributed by atoms with E-state index in [0.29, 0.717) is 19.4 Å². The van der Waals surface area contributed by atoms with Crippen LogP contribution in [0.3, 0.4) is 0 Å². The minimum absolute atomic E-state index is 0.0460. The van der Waals surface area contributed by atoms with Crippen molar-refractivity contribution in [2.75, 3.05) is 26.9 Å². The van der Waals surface area contributed by atoms with Crippen molar-refractivity contribution in [3.05, 3.63) is 23.8 Å². The van der Waals surface area contributed by atoms with Gasteiger partial charge in [-0.25, -0.2) is 8.42 Å². The second-order valence-electron chi connectivity index (χ2n) is 6.23. The van der Waals surface area contributed by atoms with E-state index in [9.17, 15) is 13.2 Å². The van der Waals surface area contributed by atoms with E-state index >= 15 is 0 Å². The molecule has 1 aromatic rings. The number of fused-ring (bicyclic) bond motifs is 1. The van der Waals surface area contributed by atoms with Crippen molar-refractivity contribution in [1.29, 1.82) is 0 Å². The van der Waals surface area contributed by atoms with Gasteiger partial charge in [0.15, 0.2) is 0 Å². The number of primary amides is 1. The van der Waals surface area contributed by atoms with Crippen molar-refractivity contribution in [3.63, 3.8) is 0 Å². The topological polar surface area (TPSA) is 98.9 Å². The molecule has 0 saturated carbocycles. The molecule has 1 aromatic carbocycles. The highest BCUT2D eigenvalue weighted by atomic mass is 32.2. The van der Waals surface area contributed by atoms with Gasteiger partial charge in [0.05, 0.1) is 18.1 Å². The highest BCUT2D eigenvalue weighted by Gasteiger charge is 2.52. The third-order valence-electron chi connectivity index (χ3n) is 4.74. The van der Waals surface area contributed by atoms with Gasteiger partial charge in [-0.2, -0.15) is 4.31 Å². The van der Waals surface area contributed by atoms with Crippen LogP contribution in [0.2, 0.25) is 0 Å². The Bertz CT molecular complexity index is 749. The molecule has 1 unspecified atom stereocenters. The molecule has 3 rings (SSSR count). The normalized spacial score (nSPS) is 24.4. The van der Waals surface area contributed by atoms with E-state index in [1.54, 1.807) is 12.1 Å². The smallest absolute Gasteiger partial charge is 0.244 e. The van der Waals surface area contributed by atoms with E-state index in [4.69, 9.17) is 15.2 Å². The monoisotopic (exact) mass is 354 g/mol. The molecule has 1 saturated heterocycles. The summed E-state index contributed by atoms with van der Waals surface area (Å²) in [5.41, 5.74) is 5.10. The molecule has 0 radical (unpaired) electrons. The summed E-state index contributed by atoms with van der Waals surface area (Å²) in [6.07, 6.45) is 2.57. The minimum atomic E-state index is -3.85. The summed E-state index contributed by atoms with van der Waals surface area (Å²) in [4.78, 5) is 12.2. The fourth-order valence-corrected chi connectivity index (χ4v) is 5.38. The van der Waals surface area contributed by atoms with Gasteiger partial charge in [-0.05, 0) is 49.4 Å². The molecule has 1 amide bonds. The number of hydrogen-bond acceptors (Lipinski definition) is 5. The second-order valence-corrected chi connectivity index (χ2v) is 8.09. The Kier molecular flexibility index (Phi) is 4.54. The molecular weight excluding hydrogens is 332 g/mol. The number of rotatable bonds is 5. The first-order chi connectivity index (χ1) is 11.4. The summed E-state index contributed by atoms with van der Waals surface area (Å²) in [5, 5.41) is 0. The molecule has 0 aromatic heterocycles. The summed E-state index contributed by atoms with van der Waals surface area (Å²) in [6, 6.07) is 4.84. The van der Waals surface area contributed by atoms with Crippen LogP contribution in [0.5, 0.6) is 5.75 Å². The van der Waals surface area contributed by atoms with Crippen molar-refractivity contribution in [2.45, 2.75) is 36.1 Å². The molecule has 2 aliphatic rings. The molecule has 132 valence electrons. The Morgan fingerprint density at radius 1 is 1.42 bits per heavy atom. The van der Waals surface area contributed by atoms with Crippen molar-refractivity contribution in [1.82, 2.24) is 4.31 Å². The predicted octanol–water partition coefficient (Wildman–Crippen LogP) is 0.667. The molecule has 1 fully saturated rings. The van der Waals surface area contributed by atoms with Crippen LogP contribution in [-0.2, 0) is 26.0 Å². The third-order valence-corrected chi connectivity index (χ3v) is 6.70. The highest BCUT2D eigenvalue weighted by Crippen LogP contribution is 2.36. The van der Waals surface area contributed by atoms with Crippen LogP contribution in [0.1, 0.15) is 24.8 Å². The van der Waals surface area contributed by atoms with E-state index in [1.807, 2.05) is 0 Å². The van der Waals surface area contributed by atoms with Crippen LogP contribution in [0.25, 0.3) is 0 Å². The van der Waals surface area contributed by atoms with Crippen LogP contribution in [0, 0.1) is 0 Å². The number of carbonyl (C=O) groups is 1. The maximum Gasteiger partial charge on any atom is 0.244 e. The van der Waals surface area contributed by atoms with Gasteiger partial charge in [0.1, 0.15) is 11.3 Å². The molecule has 2 heterocycles. The number of amides is 1. The molecule has 2 aliphatic heterocycles. The van der Waals surface area contributed by atoms with Crippen molar-refractivity contribution in [2.24, 2.45) is 5.73 Å². The number of aryl methyl sites for hydroxylation is 1. The first-order valence-corrected chi connectivity index (χ1v) is 9.43. The number of hydrogen-bond donors (Lipinski definition) is 1. The second kappa shape index (κ2) is 6.34. The molecule has 7 nitrogen and oxygen atoms in total. The van der Waals surface area contributed by atoms with E-state index < -0.39 is 21.5 Å². The number of benzene rings is 1. The minimum Gasteiger partial charge on any atom is -0.493 e. The molecule has 0 aliphatic carbocycles. The predicted molar refractivity (Wildman–Crippen MR) is 87.2 cm³/mol. The Labute approximate surface area is 141 Å². The van der Waals surface area contributed by atoms with Gasteiger partial charge < -0.3 is 15.2 Å². The molecule has 1 atom stereocenters. The number of ether oxygens (including phenoxy) is 2. The van der Waals surface area contributed by atoms with Crippen LogP contribution in [0.4, 0.5) is 0 Å². The van der Waals surface area contributed by atoms with E-state index in [2.05, 4.69) is 0 Å². The summed E-state index contributed by atoms with van der Waals surface area (Å²) < 4.78 is 38.1. The number of sulfonamides is 1. The SMILES string of the molecule is COCC1(C(N)=O)CCCN1S(=O)(=O)c1ccc2c(c1)CCCO2. The van der Waals surface area contributed by atoms with Gasteiger partial charge in [0.25, 0.3) is 0 Å². The van der Waals surface area contributed by atoms with Crippen molar-refractivity contribution >= 4 is 15.9 Å². The van der Waals surface area contributed by atoms with E-state index in [1.165, 1.54) is 17.5 Å². The lowest BCUT2D eigenvalue weighted by atomic mass is 9.98. The molecule has 0 spiro atoms. The average molecular weight is 354 g/mol. The summed E-state index contributed by atoms with van der Waals surface area (Å²) in [7, 11) is -2.42. The lowest BCUT2D eigenvalue weighted by Gasteiger charge is -2.34. The maximum absolute atomic E-state index is 13.1. The Morgan fingerprint density at radius 3 is 2.92 bits per heavy atom. The van der Waals surface area contributed by atoms with Crippen molar-refractivity contribution < 1.29 is 22.7 Å². The standard InChI is InChI=1S/C16H22N2O5S/c1-22-11-16(15(17)19)7-3-8-18(16)24(20,21)13-5-6-14-12(10-13)4-2-9-23-14/h5-6,10H,2-4,7-9,11H2,1H3,(H2,17,19). The molecule has 2 N–H and O–H groups in total. The first kappa shape index (κ1) is 17.2. The Morgan fingerprint density at radius 2 is 2.21 bits per heavy atom. The van der Waals surface area contributed by atoms with Crippen LogP contribution >= 0.6 is 0 Å². The van der Waals surface area contributed by atoms with Crippen LogP contribution in [0.15, 0.2) is 23.1 Å². The average Bonchev–Trinajstić information content (AvgIpc) is 3.00. The number of methoxy groups -OCH3 is 1. The first-order valence-electron chi connectivity index (χ1n) is 7.99. The fraction of sp³-hybridized carbons (Fsp3) is 0.562. The van der Waals surface area contributed by atoms with Crippen molar-refractivity contribution in [3.8, 4) is 5.75 Å². The Hall–Kier alpha value is -1.64. The zero-order valence-corrected chi connectivity index (χ0v) is 14.5. The quantitative estimate of drug-likeness (QED) is 0.838. The fourth-order valence-electron chi connectivity index (χ4n) is 3.53. The molecule has 24 heavy (non-hydrogen) atoms. The van der Waals surface area contributed by atoms with Gasteiger partial charge in [-0.1, -0.05) is 0 Å². The summed E-state index contributed by atoms with van der Waals surface area (Å²) in [5.74, 6) is 0.0476. The summed E-state index contributed by atoms with van der Waals surface area (Å²) >= 11 is 0. The molecular formula is C16H22N2O5S. The third kappa shape index (κ3) is 2.68. The molecule has 8 heteroatoms. The van der Waals surface area contributed by atoms with Gasteiger partial charge >= 0.3 is 0 Å². The largest absolute Gasteiger partial charge is 0.493 e. The van der Waals surface area contributed by atoms with Crippen LogP contribution in [-0.4, -0.2) is 51.0 Å². The van der Waals surface area contributed by atoms with Gasteiger partial charge in [0, 0.05) is 13.7 Å². The zero-order chi connectivity index (χ0) is 17.4. The number of carbonyl (C=O) groups excluding carboxylic acids is 1. The summed E-state index contributed by atoms with van der Waals surface area (Å²) in [6.45, 7) is 0.849. The van der Waals surface area contributed by atoms with E-state index in [-0.39, 0.29) is 18.0 Å². The maximum atomic E-state index is 13.1.